The van der Waals surface area contributed by atoms with Crippen molar-refractivity contribution in [2.45, 2.75) is 64.2 Å². The number of hydrogen-bond donors (Lipinski definition) is 2. The number of benzene rings is 2. The molecule has 0 unspecified atom stereocenters. The summed E-state index contributed by atoms with van der Waals surface area (Å²) in [6, 6.07) is 17.2. The third-order valence-electron chi connectivity index (χ3n) is 5.65. The van der Waals surface area contributed by atoms with E-state index in [4.69, 9.17) is 16.3 Å². The van der Waals surface area contributed by atoms with Crippen molar-refractivity contribution < 1.29 is 14.3 Å². The van der Waals surface area contributed by atoms with Crippen LogP contribution in [0.2, 0.25) is 5.02 Å². The van der Waals surface area contributed by atoms with Gasteiger partial charge in [-0.25, -0.2) is 4.79 Å². The first-order valence-electron chi connectivity index (χ1n) is 12.4. The van der Waals surface area contributed by atoms with Crippen molar-refractivity contribution in [3.63, 3.8) is 0 Å². The molecule has 0 atom stereocenters. The number of hydrogen-bond acceptors (Lipinski definition) is 5. The molecule has 9 heteroatoms. The molecular weight excluding hydrogens is 522 g/mol. The molecule has 2 amide bonds. The zero-order chi connectivity index (χ0) is 27.7. The molecule has 0 fully saturated rings. The van der Waals surface area contributed by atoms with Crippen molar-refractivity contribution >= 4 is 35.4 Å². The van der Waals surface area contributed by atoms with Crippen LogP contribution in [0.4, 0.5) is 4.79 Å². The Labute approximate surface area is 232 Å². The van der Waals surface area contributed by atoms with E-state index in [0.29, 0.717) is 17.1 Å². The third kappa shape index (κ3) is 9.26. The molecule has 0 bridgehead atoms. The Morgan fingerprint density at radius 1 is 1.00 bits per heavy atom. The summed E-state index contributed by atoms with van der Waals surface area (Å²) in [6.07, 6.45) is 1.23. The zero-order valence-electron chi connectivity index (χ0n) is 22.2. The van der Waals surface area contributed by atoms with E-state index in [-0.39, 0.29) is 31.0 Å². The number of rotatable bonds is 10. The predicted molar refractivity (Wildman–Crippen MR) is 153 cm³/mol. The highest BCUT2D eigenvalue weighted by Crippen LogP contribution is 2.18. The van der Waals surface area contributed by atoms with E-state index in [9.17, 15) is 14.4 Å². The van der Waals surface area contributed by atoms with Crippen LogP contribution in [-0.2, 0) is 35.6 Å². The molecule has 7 nitrogen and oxygen atoms in total. The van der Waals surface area contributed by atoms with Crippen molar-refractivity contribution in [3.05, 3.63) is 98.4 Å². The highest BCUT2D eigenvalue weighted by atomic mass is 35.5. The minimum absolute atomic E-state index is 0.0244. The molecule has 0 aliphatic carbocycles. The molecule has 2 N–H and O–H groups in total. The molecule has 0 saturated heterocycles. The molecule has 3 aromatic rings. The molecular formula is C29H34ClN3O4S. The molecule has 0 radical (unpaired) electrons. The minimum atomic E-state index is -0.601. The zero-order valence-corrected chi connectivity index (χ0v) is 23.7. The maximum atomic E-state index is 13.1. The van der Waals surface area contributed by atoms with Gasteiger partial charge in [0, 0.05) is 47.1 Å². The molecule has 0 saturated carbocycles. The van der Waals surface area contributed by atoms with Crippen LogP contribution < -0.4 is 16.2 Å². The van der Waals surface area contributed by atoms with Gasteiger partial charge < -0.3 is 19.9 Å². The summed E-state index contributed by atoms with van der Waals surface area (Å²) in [7, 11) is 0. The quantitative estimate of drug-likeness (QED) is 0.323. The van der Waals surface area contributed by atoms with Crippen molar-refractivity contribution in [1.82, 2.24) is 15.2 Å². The van der Waals surface area contributed by atoms with Gasteiger partial charge in [0.05, 0.1) is 6.42 Å². The topological polar surface area (TPSA) is 89.4 Å². The van der Waals surface area contributed by atoms with Gasteiger partial charge in [0.2, 0.25) is 5.91 Å². The summed E-state index contributed by atoms with van der Waals surface area (Å²) in [6.45, 7) is 8.20. The number of alkyl carbamates (subject to hydrolysis) is 1. The van der Waals surface area contributed by atoms with E-state index in [1.807, 2.05) is 43.3 Å². The van der Waals surface area contributed by atoms with Crippen LogP contribution in [0.25, 0.3) is 0 Å². The van der Waals surface area contributed by atoms with Crippen LogP contribution in [0.1, 0.15) is 43.0 Å². The number of aryl methyl sites for hydroxylation is 2. The number of thioether (sulfide) groups is 1. The number of pyridine rings is 1. The average Bonchev–Trinajstić information content (AvgIpc) is 2.85. The molecule has 0 aliphatic heterocycles. The van der Waals surface area contributed by atoms with Crippen LogP contribution in [0.15, 0.2) is 70.5 Å². The lowest BCUT2D eigenvalue weighted by molar-refractivity contribution is -0.120. The van der Waals surface area contributed by atoms with Crippen molar-refractivity contribution in [1.29, 1.82) is 0 Å². The molecule has 38 heavy (non-hydrogen) atoms. The Bertz CT molecular complexity index is 1320. The van der Waals surface area contributed by atoms with Crippen LogP contribution in [0, 0.1) is 6.92 Å². The Hall–Kier alpha value is -3.23. The highest BCUT2D eigenvalue weighted by Gasteiger charge is 2.17. The predicted octanol–water partition coefficient (Wildman–Crippen LogP) is 5.49. The van der Waals surface area contributed by atoms with Crippen LogP contribution >= 0.6 is 23.4 Å². The number of amides is 2. The number of aromatic nitrogens is 1. The summed E-state index contributed by atoms with van der Waals surface area (Å²) in [5, 5.41) is 6.13. The second-order valence-electron chi connectivity index (χ2n) is 9.86. The van der Waals surface area contributed by atoms with E-state index in [2.05, 4.69) is 10.6 Å². The van der Waals surface area contributed by atoms with E-state index in [1.54, 1.807) is 61.5 Å². The van der Waals surface area contributed by atoms with Gasteiger partial charge in [-0.15, -0.1) is 11.8 Å². The number of ether oxygens (including phenoxy) is 1. The van der Waals surface area contributed by atoms with Gasteiger partial charge in [-0.05, 0) is 74.7 Å². The summed E-state index contributed by atoms with van der Waals surface area (Å²) < 4.78 is 6.94. The number of nitrogens with zero attached hydrogens (tertiary/aromatic N) is 1. The lowest BCUT2D eigenvalue weighted by Crippen LogP contribution is -2.33. The fraction of sp³-hybridized carbons (Fsp3) is 0.345. The SMILES string of the molecule is Cc1ccn(CCSc2ccccc2)c(=O)c1CC(=O)NCc1cc(Cl)ccc1CNC(=O)OC(C)(C)C. The fourth-order valence-corrected chi connectivity index (χ4v) is 4.78. The van der Waals surface area contributed by atoms with Crippen LogP contribution in [0.3, 0.4) is 0 Å². The van der Waals surface area contributed by atoms with Gasteiger partial charge in [0.25, 0.3) is 5.56 Å². The van der Waals surface area contributed by atoms with E-state index in [0.717, 1.165) is 27.3 Å². The van der Waals surface area contributed by atoms with Crippen molar-refractivity contribution in [2.75, 3.05) is 5.75 Å². The fourth-order valence-electron chi connectivity index (χ4n) is 3.71. The van der Waals surface area contributed by atoms with Gasteiger partial charge in [-0.2, -0.15) is 0 Å². The second kappa shape index (κ2) is 13.5. The lowest BCUT2D eigenvalue weighted by atomic mass is 10.1. The smallest absolute Gasteiger partial charge is 0.407 e. The first kappa shape index (κ1) is 29.3. The lowest BCUT2D eigenvalue weighted by Gasteiger charge is -2.20. The molecule has 1 aromatic heterocycles. The number of halogens is 1. The number of carbonyl (C=O) groups excluding carboxylic acids is 2. The molecule has 0 spiro atoms. The van der Waals surface area contributed by atoms with E-state index in [1.165, 1.54) is 0 Å². The first-order chi connectivity index (χ1) is 18.0. The number of nitrogens with one attached hydrogen (secondary N) is 2. The number of carbonyl (C=O) groups is 2. The maximum Gasteiger partial charge on any atom is 0.407 e. The Morgan fingerprint density at radius 2 is 1.71 bits per heavy atom. The molecule has 2 aromatic carbocycles. The van der Waals surface area contributed by atoms with Gasteiger partial charge in [0.1, 0.15) is 5.60 Å². The van der Waals surface area contributed by atoms with E-state index >= 15 is 0 Å². The minimum Gasteiger partial charge on any atom is -0.444 e. The monoisotopic (exact) mass is 555 g/mol. The third-order valence-corrected chi connectivity index (χ3v) is 6.87. The summed E-state index contributed by atoms with van der Waals surface area (Å²) in [5.74, 6) is 0.473. The summed E-state index contributed by atoms with van der Waals surface area (Å²) in [4.78, 5) is 39.1. The average molecular weight is 556 g/mol. The van der Waals surface area contributed by atoms with Gasteiger partial charge in [-0.3, -0.25) is 9.59 Å². The molecule has 202 valence electrons. The Morgan fingerprint density at radius 3 is 2.42 bits per heavy atom. The van der Waals surface area contributed by atoms with Gasteiger partial charge in [-0.1, -0.05) is 35.9 Å². The Kier molecular flexibility index (Phi) is 10.4. The largest absolute Gasteiger partial charge is 0.444 e. The van der Waals surface area contributed by atoms with Crippen molar-refractivity contribution in [3.8, 4) is 0 Å². The molecule has 3 rings (SSSR count). The normalized spacial score (nSPS) is 11.2. The van der Waals surface area contributed by atoms with Gasteiger partial charge in [0.15, 0.2) is 0 Å². The Balaban J connectivity index is 1.60. The summed E-state index contributed by atoms with van der Waals surface area (Å²) in [5.41, 5.74) is 2.07. The van der Waals surface area contributed by atoms with Crippen molar-refractivity contribution in [2.24, 2.45) is 0 Å². The first-order valence-corrected chi connectivity index (χ1v) is 13.8. The van der Waals surface area contributed by atoms with Crippen LogP contribution in [0.5, 0.6) is 0 Å². The second-order valence-corrected chi connectivity index (χ2v) is 11.5. The summed E-state index contributed by atoms with van der Waals surface area (Å²) >= 11 is 7.86. The standard InChI is InChI=1S/C29H34ClN3O4S/c1-20-12-13-33(14-15-38-24-8-6-5-7-9-24)27(35)25(20)17-26(34)31-19-22-16-23(30)11-10-21(22)18-32-28(36)37-29(2,3)4/h5-13,16H,14-15,17-19H2,1-4H3,(H,31,34)(H,32,36). The van der Waals surface area contributed by atoms with Gasteiger partial charge >= 0.3 is 6.09 Å². The van der Waals surface area contributed by atoms with E-state index < -0.39 is 11.7 Å². The maximum absolute atomic E-state index is 13.1. The molecule has 1 heterocycles. The highest BCUT2D eigenvalue weighted by molar-refractivity contribution is 7.99. The van der Waals surface area contributed by atoms with Crippen LogP contribution in [-0.4, -0.2) is 27.9 Å². The molecule has 0 aliphatic rings.